The molecule has 0 spiro atoms. The minimum Gasteiger partial charge on any atom is -0.444 e. The summed E-state index contributed by atoms with van der Waals surface area (Å²) in [7, 11) is 0. The second-order valence-corrected chi connectivity index (χ2v) is 7.19. The molecule has 0 aliphatic heterocycles. The Labute approximate surface area is 124 Å². The lowest BCUT2D eigenvalue weighted by Gasteiger charge is -2.25. The maximum absolute atomic E-state index is 11.7. The Balaban J connectivity index is 2.31. The molecule has 0 heterocycles. The zero-order chi connectivity index (χ0) is 15.3. The van der Waals surface area contributed by atoms with Crippen molar-refractivity contribution in [3.63, 3.8) is 0 Å². The first-order chi connectivity index (χ1) is 9.21. The van der Waals surface area contributed by atoms with Crippen LogP contribution in [0.5, 0.6) is 0 Å². The Morgan fingerprint density at radius 1 is 1.25 bits per heavy atom. The fourth-order valence-corrected chi connectivity index (χ4v) is 2.63. The van der Waals surface area contributed by atoms with E-state index in [0.717, 1.165) is 19.3 Å². The van der Waals surface area contributed by atoms with Crippen LogP contribution in [0.1, 0.15) is 67.2 Å². The molecule has 0 saturated heterocycles. The maximum atomic E-state index is 11.7. The molecule has 20 heavy (non-hydrogen) atoms. The molecule has 1 amide bonds. The minimum atomic E-state index is -0.425. The van der Waals surface area contributed by atoms with Crippen LogP contribution in [0.2, 0.25) is 0 Å². The Morgan fingerprint density at radius 3 is 2.40 bits per heavy atom. The summed E-state index contributed by atoms with van der Waals surface area (Å²) in [6.07, 6.45) is 4.06. The number of nitrogens with one attached hydrogen (secondary N) is 2. The molecule has 0 aromatic heterocycles. The molecule has 0 aromatic rings. The van der Waals surface area contributed by atoms with E-state index in [1.807, 2.05) is 20.8 Å². The zero-order valence-corrected chi connectivity index (χ0v) is 14.0. The summed E-state index contributed by atoms with van der Waals surface area (Å²) in [5, 5.41) is 6.67. The lowest BCUT2D eigenvalue weighted by molar-refractivity contribution is 0.0505. The molecule has 1 aliphatic rings. The van der Waals surface area contributed by atoms with Gasteiger partial charge in [0.25, 0.3) is 0 Å². The van der Waals surface area contributed by atoms with E-state index in [9.17, 15) is 4.79 Å². The molecular formula is C16H32N2O2. The summed E-state index contributed by atoms with van der Waals surface area (Å²) < 4.78 is 5.30. The van der Waals surface area contributed by atoms with Crippen LogP contribution in [-0.4, -0.2) is 29.8 Å². The minimum absolute atomic E-state index is 0.242. The SMILES string of the molecule is CCC(C)C(C)NC1CCC(NC(=O)OC(C)(C)C)C1. The van der Waals surface area contributed by atoms with Gasteiger partial charge >= 0.3 is 6.09 Å². The average Bonchev–Trinajstić information content (AvgIpc) is 2.72. The van der Waals surface area contributed by atoms with Crippen LogP contribution in [0.4, 0.5) is 4.79 Å². The van der Waals surface area contributed by atoms with Crippen molar-refractivity contribution >= 4 is 6.09 Å². The number of carbonyl (C=O) groups is 1. The Bertz CT molecular complexity index is 312. The topological polar surface area (TPSA) is 50.4 Å². The van der Waals surface area contributed by atoms with Gasteiger partial charge in [-0.3, -0.25) is 0 Å². The first kappa shape index (κ1) is 17.3. The van der Waals surface area contributed by atoms with Crippen molar-refractivity contribution in [2.75, 3.05) is 0 Å². The molecule has 4 atom stereocenters. The Morgan fingerprint density at radius 2 is 1.85 bits per heavy atom. The van der Waals surface area contributed by atoms with Gasteiger partial charge in [-0.1, -0.05) is 20.3 Å². The highest BCUT2D eigenvalue weighted by Crippen LogP contribution is 2.21. The molecule has 0 aromatic carbocycles. The molecule has 4 unspecified atom stereocenters. The number of ether oxygens (including phenoxy) is 1. The average molecular weight is 284 g/mol. The van der Waals surface area contributed by atoms with Crippen LogP contribution >= 0.6 is 0 Å². The summed E-state index contributed by atoms with van der Waals surface area (Å²) in [5.41, 5.74) is -0.425. The molecule has 0 radical (unpaired) electrons. The molecule has 1 saturated carbocycles. The highest BCUT2D eigenvalue weighted by atomic mass is 16.6. The molecule has 118 valence electrons. The first-order valence-corrected chi connectivity index (χ1v) is 7.96. The number of alkyl carbamates (subject to hydrolysis) is 1. The number of hydrogen-bond donors (Lipinski definition) is 2. The van der Waals surface area contributed by atoms with Crippen LogP contribution in [0.25, 0.3) is 0 Å². The van der Waals surface area contributed by atoms with E-state index < -0.39 is 5.60 Å². The molecular weight excluding hydrogens is 252 g/mol. The van der Waals surface area contributed by atoms with Gasteiger partial charge in [-0.05, 0) is 52.9 Å². The Hall–Kier alpha value is -0.770. The largest absolute Gasteiger partial charge is 0.444 e. The second kappa shape index (κ2) is 7.30. The molecule has 4 heteroatoms. The van der Waals surface area contributed by atoms with E-state index in [1.54, 1.807) is 0 Å². The van der Waals surface area contributed by atoms with Crippen molar-refractivity contribution in [3.05, 3.63) is 0 Å². The number of hydrogen-bond acceptors (Lipinski definition) is 3. The van der Waals surface area contributed by atoms with E-state index in [4.69, 9.17) is 4.74 Å². The third-order valence-electron chi connectivity index (χ3n) is 4.15. The van der Waals surface area contributed by atoms with Gasteiger partial charge in [0, 0.05) is 18.1 Å². The van der Waals surface area contributed by atoms with Crippen LogP contribution in [0.3, 0.4) is 0 Å². The van der Waals surface area contributed by atoms with Gasteiger partial charge < -0.3 is 15.4 Å². The third-order valence-corrected chi connectivity index (χ3v) is 4.15. The van der Waals surface area contributed by atoms with Crippen LogP contribution in [-0.2, 0) is 4.74 Å². The molecule has 1 rings (SSSR count). The predicted octanol–water partition coefficient (Wildman–Crippen LogP) is 3.46. The van der Waals surface area contributed by atoms with Crippen molar-refractivity contribution in [2.45, 2.75) is 91.0 Å². The maximum Gasteiger partial charge on any atom is 0.407 e. The van der Waals surface area contributed by atoms with Gasteiger partial charge in [0.2, 0.25) is 0 Å². The van der Waals surface area contributed by atoms with E-state index in [0.29, 0.717) is 18.0 Å². The molecule has 0 bridgehead atoms. The van der Waals surface area contributed by atoms with Gasteiger partial charge in [-0.2, -0.15) is 0 Å². The summed E-state index contributed by atoms with van der Waals surface area (Å²) >= 11 is 0. The van der Waals surface area contributed by atoms with E-state index in [-0.39, 0.29) is 12.1 Å². The normalized spacial score (nSPS) is 26.1. The van der Waals surface area contributed by atoms with Gasteiger partial charge in [-0.25, -0.2) is 4.79 Å². The van der Waals surface area contributed by atoms with Crippen LogP contribution in [0, 0.1) is 5.92 Å². The molecule has 1 fully saturated rings. The predicted molar refractivity (Wildman–Crippen MR) is 82.8 cm³/mol. The fraction of sp³-hybridized carbons (Fsp3) is 0.938. The standard InChI is InChI=1S/C16H32N2O2/c1-7-11(2)12(3)17-13-8-9-14(10-13)18-15(19)20-16(4,5)6/h11-14,17H,7-10H2,1-6H3,(H,18,19). The van der Waals surface area contributed by atoms with Gasteiger partial charge in [0.1, 0.15) is 5.60 Å². The highest BCUT2D eigenvalue weighted by molar-refractivity contribution is 5.68. The second-order valence-electron chi connectivity index (χ2n) is 7.19. The van der Waals surface area contributed by atoms with E-state index in [2.05, 4.69) is 31.4 Å². The first-order valence-electron chi connectivity index (χ1n) is 7.96. The lowest BCUT2D eigenvalue weighted by Crippen LogP contribution is -2.41. The monoisotopic (exact) mass is 284 g/mol. The smallest absolute Gasteiger partial charge is 0.407 e. The molecule has 4 nitrogen and oxygen atoms in total. The van der Waals surface area contributed by atoms with Crippen molar-refractivity contribution in [2.24, 2.45) is 5.92 Å². The van der Waals surface area contributed by atoms with Crippen molar-refractivity contribution in [1.29, 1.82) is 0 Å². The number of rotatable bonds is 5. The summed E-state index contributed by atoms with van der Waals surface area (Å²) in [6.45, 7) is 12.4. The lowest BCUT2D eigenvalue weighted by atomic mass is 10.00. The van der Waals surface area contributed by atoms with Crippen molar-refractivity contribution in [1.82, 2.24) is 10.6 Å². The van der Waals surface area contributed by atoms with Crippen molar-refractivity contribution < 1.29 is 9.53 Å². The fourth-order valence-electron chi connectivity index (χ4n) is 2.63. The van der Waals surface area contributed by atoms with Crippen molar-refractivity contribution in [3.8, 4) is 0 Å². The Kier molecular flexibility index (Phi) is 6.31. The van der Waals surface area contributed by atoms with Gasteiger partial charge in [0.15, 0.2) is 0 Å². The molecule has 1 aliphatic carbocycles. The zero-order valence-electron chi connectivity index (χ0n) is 14.0. The number of amides is 1. The summed E-state index contributed by atoms with van der Waals surface area (Å²) in [4.78, 5) is 11.7. The molecule has 2 N–H and O–H groups in total. The summed E-state index contributed by atoms with van der Waals surface area (Å²) in [6, 6.07) is 1.29. The van der Waals surface area contributed by atoms with Gasteiger partial charge in [-0.15, -0.1) is 0 Å². The number of carbonyl (C=O) groups excluding carboxylic acids is 1. The van der Waals surface area contributed by atoms with Gasteiger partial charge in [0.05, 0.1) is 0 Å². The van der Waals surface area contributed by atoms with Crippen LogP contribution in [0.15, 0.2) is 0 Å². The third kappa shape index (κ3) is 6.12. The highest BCUT2D eigenvalue weighted by Gasteiger charge is 2.28. The van der Waals surface area contributed by atoms with Crippen LogP contribution < -0.4 is 10.6 Å². The van der Waals surface area contributed by atoms with E-state index >= 15 is 0 Å². The van der Waals surface area contributed by atoms with E-state index in [1.165, 1.54) is 6.42 Å². The quantitative estimate of drug-likeness (QED) is 0.813. The summed E-state index contributed by atoms with van der Waals surface area (Å²) in [5.74, 6) is 0.688.